The quantitative estimate of drug-likeness (QED) is 0.106. The second kappa shape index (κ2) is 23.3. The summed E-state index contributed by atoms with van der Waals surface area (Å²) in [7, 11) is 0. The molecule has 3 fully saturated rings. The van der Waals surface area contributed by atoms with Crippen LogP contribution in [0.3, 0.4) is 0 Å². The monoisotopic (exact) mass is 1000 g/mol. The number of fused-ring (bicyclic) bond motifs is 2. The molecular formula is C51H62N12O8S. The predicted molar refractivity (Wildman–Crippen MR) is 268 cm³/mol. The van der Waals surface area contributed by atoms with Crippen molar-refractivity contribution in [1.29, 1.82) is 0 Å². The highest BCUT2D eigenvalue weighted by Crippen LogP contribution is 2.37. The van der Waals surface area contributed by atoms with Gasteiger partial charge in [-0.05, 0) is 66.7 Å². The number of para-hydroxylation sites is 1. The van der Waals surface area contributed by atoms with Gasteiger partial charge in [0.1, 0.15) is 23.8 Å². The number of hydrogen-bond acceptors (Lipinski definition) is 12. The van der Waals surface area contributed by atoms with Crippen molar-refractivity contribution in [1.82, 2.24) is 46.1 Å². The summed E-state index contributed by atoms with van der Waals surface area (Å²) in [5.41, 5.74) is 21.5. The van der Waals surface area contributed by atoms with Crippen LogP contribution in [0.5, 0.6) is 0 Å². The number of rotatable bonds is 9. The Bertz CT molecular complexity index is 2770. The van der Waals surface area contributed by atoms with E-state index >= 15 is 9.59 Å². The summed E-state index contributed by atoms with van der Waals surface area (Å²) in [6, 6.07) is 12.4. The molecule has 0 unspecified atom stereocenters. The SMILES string of the molecule is NC(=O)C[C@@H]1NC(=O)[C@@H](N)CC(=O)NCCCC[C@@H](C(N)=O)NC(=O)[C@H](Cc2c[nH]c3ccccc23)NC(=O)[C@@H]2C[C@H](n3cc(-c4ccc(-c5cccs5)cc4)nn3)CN2C(=O)[C@H](C2CCCCC2)CC1=O. The maximum atomic E-state index is 15.4. The number of aromatic nitrogens is 4. The fourth-order valence-electron chi connectivity index (χ4n) is 10.2. The molecule has 5 aromatic rings. The number of carbonyl (C=O) groups excluding carboxylic acids is 8. The standard InChI is InChI=1S/C51H62N12O8S/c52-36-24-46(66)55-19-7-6-13-38(47(54)67)57-49(69)40(21-32-26-56-37-12-5-4-11-34(32)37)59-50(70)42-22-33(63-28-41(60-61-63)30-15-17-31(18-16-30)44-14-8-20-72-44)27-62(42)51(71)35(29-9-2-1-3-10-29)23-43(64)39(25-45(53)65)58-48(36)68/h4-5,8,11-12,14-18,20,26,28-29,33,35-36,38-40,42,56H,1-3,6-7,9-10,13,19,21-25,27,52H2,(H2,53,65)(H2,54,67)(H,55,66)(H,57,69)(H,58,68)(H,59,70)/t33-,35-,36-,38-,39-,40-,42-/m0/s1. The molecule has 7 atom stereocenters. The van der Waals surface area contributed by atoms with Crippen LogP contribution in [-0.2, 0) is 44.8 Å². The zero-order chi connectivity index (χ0) is 50.9. The van der Waals surface area contributed by atoms with E-state index in [2.05, 4.69) is 36.6 Å². The number of nitrogens with two attached hydrogens (primary N) is 3. The fraction of sp³-hybridized carbons (Fsp3) is 0.451. The molecule has 0 radical (unpaired) electrons. The first kappa shape index (κ1) is 51.1. The minimum absolute atomic E-state index is 0.00475. The zero-order valence-electron chi connectivity index (χ0n) is 39.9. The van der Waals surface area contributed by atoms with Crippen molar-refractivity contribution in [3.8, 4) is 21.7 Å². The zero-order valence-corrected chi connectivity index (χ0v) is 40.7. The van der Waals surface area contributed by atoms with Gasteiger partial charge >= 0.3 is 0 Å². The predicted octanol–water partition coefficient (Wildman–Crippen LogP) is 2.53. The first-order valence-electron chi connectivity index (χ1n) is 24.7. The van der Waals surface area contributed by atoms with Gasteiger partial charge in [-0.1, -0.05) is 73.0 Å². The maximum absolute atomic E-state index is 15.4. The Morgan fingerprint density at radius 2 is 1.51 bits per heavy atom. The summed E-state index contributed by atoms with van der Waals surface area (Å²) in [6.07, 6.45) is 6.67. The van der Waals surface area contributed by atoms with Crippen LogP contribution in [0, 0.1) is 11.8 Å². The lowest BCUT2D eigenvalue weighted by molar-refractivity contribution is -0.146. The lowest BCUT2D eigenvalue weighted by atomic mass is 9.76. The number of hydrogen-bond donors (Lipinski definition) is 8. The highest BCUT2D eigenvalue weighted by atomic mass is 32.1. The number of primary amides is 2. The third-order valence-corrected chi connectivity index (χ3v) is 15.1. The normalized spacial score (nSPS) is 25.0. The van der Waals surface area contributed by atoms with Crippen molar-refractivity contribution >= 4 is 69.4 Å². The molecule has 8 rings (SSSR count). The molecule has 0 spiro atoms. The Balaban J connectivity index is 1.15. The van der Waals surface area contributed by atoms with Crippen LogP contribution in [0.1, 0.15) is 88.7 Å². The van der Waals surface area contributed by atoms with Gasteiger partial charge in [-0.3, -0.25) is 38.4 Å². The van der Waals surface area contributed by atoms with Gasteiger partial charge in [0, 0.05) is 65.8 Å². The molecule has 21 heteroatoms. The number of carbonyl (C=O) groups is 8. The van der Waals surface area contributed by atoms with Gasteiger partial charge < -0.3 is 48.4 Å². The average molecular weight is 1000 g/mol. The molecule has 5 heterocycles. The number of thiophene rings is 1. The van der Waals surface area contributed by atoms with Gasteiger partial charge in [0.2, 0.25) is 41.4 Å². The van der Waals surface area contributed by atoms with Gasteiger partial charge in [-0.2, -0.15) is 0 Å². The largest absolute Gasteiger partial charge is 0.370 e. The van der Waals surface area contributed by atoms with Crippen molar-refractivity contribution < 1.29 is 38.4 Å². The second-order valence-corrected chi connectivity index (χ2v) is 20.1. The highest BCUT2D eigenvalue weighted by molar-refractivity contribution is 7.13. The summed E-state index contributed by atoms with van der Waals surface area (Å²) in [4.78, 5) is 117. The van der Waals surface area contributed by atoms with E-state index in [1.807, 2.05) is 66.0 Å². The van der Waals surface area contributed by atoms with E-state index in [0.29, 0.717) is 36.9 Å². The van der Waals surface area contributed by atoms with Crippen molar-refractivity contribution in [3.63, 3.8) is 0 Å². The molecule has 72 heavy (non-hydrogen) atoms. The molecular weight excluding hydrogens is 941 g/mol. The molecule has 20 nitrogen and oxygen atoms in total. The minimum Gasteiger partial charge on any atom is -0.370 e. The Morgan fingerprint density at radius 3 is 2.25 bits per heavy atom. The number of Topliss-reactive ketones (excluding diaryl/α,β-unsaturated/α-hetero) is 1. The lowest BCUT2D eigenvalue weighted by Gasteiger charge is -2.35. The lowest BCUT2D eigenvalue weighted by Crippen LogP contribution is -2.57. The van der Waals surface area contributed by atoms with E-state index in [0.717, 1.165) is 46.2 Å². The van der Waals surface area contributed by atoms with Gasteiger partial charge in [-0.15, -0.1) is 16.4 Å². The van der Waals surface area contributed by atoms with Crippen LogP contribution in [0.2, 0.25) is 0 Å². The average Bonchev–Trinajstić information content (AvgIpc) is 4.22. The van der Waals surface area contributed by atoms with Crippen LogP contribution < -0.4 is 38.5 Å². The number of ketones is 1. The fourth-order valence-corrected chi connectivity index (χ4v) is 11.0. The van der Waals surface area contributed by atoms with E-state index < -0.39 is 109 Å². The summed E-state index contributed by atoms with van der Waals surface area (Å²) >= 11 is 1.63. The van der Waals surface area contributed by atoms with Gasteiger partial charge in [-0.25, -0.2) is 4.68 Å². The van der Waals surface area contributed by atoms with Crippen molar-refractivity contribution in [2.45, 2.75) is 120 Å². The number of nitrogens with one attached hydrogen (secondary N) is 5. The Labute approximate surface area is 419 Å². The molecule has 2 saturated heterocycles. The van der Waals surface area contributed by atoms with Crippen LogP contribution in [0.4, 0.5) is 0 Å². The van der Waals surface area contributed by atoms with E-state index in [9.17, 15) is 28.8 Å². The summed E-state index contributed by atoms with van der Waals surface area (Å²) < 4.78 is 1.63. The van der Waals surface area contributed by atoms with Crippen LogP contribution in [-0.4, -0.2) is 115 Å². The Hall–Kier alpha value is -7.26. The molecule has 1 saturated carbocycles. The summed E-state index contributed by atoms with van der Waals surface area (Å²) in [5.74, 6) is -6.86. The van der Waals surface area contributed by atoms with Crippen molar-refractivity contribution in [2.24, 2.45) is 29.0 Å². The number of nitrogens with zero attached hydrogens (tertiary/aromatic N) is 4. The molecule has 3 aliphatic rings. The third kappa shape index (κ3) is 12.4. The Kier molecular flexibility index (Phi) is 16.5. The number of aromatic amines is 1. The first-order valence-corrected chi connectivity index (χ1v) is 25.6. The van der Waals surface area contributed by atoms with E-state index in [-0.39, 0.29) is 38.3 Å². The van der Waals surface area contributed by atoms with Crippen LogP contribution >= 0.6 is 11.3 Å². The van der Waals surface area contributed by atoms with E-state index in [1.165, 1.54) is 4.90 Å². The highest BCUT2D eigenvalue weighted by Gasteiger charge is 2.46. The molecule has 7 amide bonds. The molecule has 11 N–H and O–H groups in total. The van der Waals surface area contributed by atoms with E-state index in [1.54, 1.807) is 28.4 Å². The topological polar surface area (TPSA) is 312 Å². The molecule has 1 aliphatic carbocycles. The smallest absolute Gasteiger partial charge is 0.243 e. The second-order valence-electron chi connectivity index (χ2n) is 19.2. The molecule has 380 valence electrons. The maximum Gasteiger partial charge on any atom is 0.243 e. The summed E-state index contributed by atoms with van der Waals surface area (Å²) in [6.45, 7) is 0.124. The first-order chi connectivity index (χ1) is 34.7. The van der Waals surface area contributed by atoms with Gasteiger partial charge in [0.05, 0.1) is 37.2 Å². The van der Waals surface area contributed by atoms with Crippen LogP contribution in [0.15, 0.2) is 78.4 Å². The van der Waals surface area contributed by atoms with Gasteiger partial charge in [0.25, 0.3) is 0 Å². The van der Waals surface area contributed by atoms with Crippen molar-refractivity contribution in [2.75, 3.05) is 13.1 Å². The number of amides is 7. The van der Waals surface area contributed by atoms with Gasteiger partial charge in [0.15, 0.2) is 5.78 Å². The molecule has 2 aliphatic heterocycles. The minimum atomic E-state index is -1.45. The molecule has 2 aromatic carbocycles. The Morgan fingerprint density at radius 1 is 0.778 bits per heavy atom. The third-order valence-electron chi connectivity index (χ3n) is 14.2. The number of H-pyrrole nitrogens is 1. The molecule has 3 aromatic heterocycles. The summed E-state index contributed by atoms with van der Waals surface area (Å²) in [5, 5.41) is 22.7. The van der Waals surface area contributed by atoms with Crippen molar-refractivity contribution in [3.05, 3.63) is 84.0 Å². The number of benzene rings is 2. The van der Waals surface area contributed by atoms with Crippen LogP contribution in [0.25, 0.3) is 32.6 Å². The molecule has 0 bridgehead atoms. The van der Waals surface area contributed by atoms with E-state index in [4.69, 9.17) is 17.2 Å².